The lowest BCUT2D eigenvalue weighted by Gasteiger charge is -2.19. The molecule has 4 rings (SSSR count). The molecule has 1 aliphatic rings. The number of carboxylic acid groups (broad SMARTS) is 1. The SMILES string of the molecule is CCC(CC(=O)Nc1cc(C(=O)O)ccc1O)NC(=O)OCC1c2ccccc2-c2ccccc21. The summed E-state index contributed by atoms with van der Waals surface area (Å²) in [6, 6.07) is 19.2. The molecule has 0 saturated heterocycles. The van der Waals surface area contributed by atoms with Gasteiger partial charge >= 0.3 is 12.1 Å². The number of nitrogens with one attached hydrogen (secondary N) is 2. The van der Waals surface area contributed by atoms with E-state index in [1.165, 1.54) is 18.2 Å². The molecule has 8 heteroatoms. The number of rotatable bonds is 8. The van der Waals surface area contributed by atoms with Gasteiger partial charge in [-0.25, -0.2) is 9.59 Å². The van der Waals surface area contributed by atoms with Crippen molar-refractivity contribution in [1.29, 1.82) is 0 Å². The van der Waals surface area contributed by atoms with Crippen molar-refractivity contribution in [2.75, 3.05) is 11.9 Å². The first-order valence-electron chi connectivity index (χ1n) is 11.3. The minimum atomic E-state index is -1.18. The molecule has 3 aromatic rings. The molecule has 3 aromatic carbocycles. The van der Waals surface area contributed by atoms with Gasteiger partial charge in [0, 0.05) is 18.4 Å². The summed E-state index contributed by atoms with van der Waals surface area (Å²) in [6.07, 6.45) is -0.224. The Balaban J connectivity index is 1.34. The number of alkyl carbamates (subject to hydrolysis) is 1. The highest BCUT2D eigenvalue weighted by atomic mass is 16.5. The number of benzene rings is 3. The monoisotopic (exact) mass is 474 g/mol. The number of phenols is 1. The number of carbonyl (C=O) groups excluding carboxylic acids is 2. The van der Waals surface area contributed by atoms with E-state index < -0.39 is 24.0 Å². The molecule has 1 unspecified atom stereocenters. The summed E-state index contributed by atoms with van der Waals surface area (Å²) in [6.45, 7) is 1.99. The lowest BCUT2D eigenvalue weighted by atomic mass is 9.98. The van der Waals surface area contributed by atoms with Gasteiger partial charge in [-0.05, 0) is 46.9 Å². The fourth-order valence-corrected chi connectivity index (χ4v) is 4.30. The summed E-state index contributed by atoms with van der Waals surface area (Å²) < 4.78 is 5.55. The second-order valence-electron chi connectivity index (χ2n) is 8.36. The van der Waals surface area contributed by atoms with E-state index in [2.05, 4.69) is 22.8 Å². The highest BCUT2D eigenvalue weighted by Gasteiger charge is 2.29. The van der Waals surface area contributed by atoms with Gasteiger partial charge < -0.3 is 25.6 Å². The molecule has 4 N–H and O–H groups in total. The number of anilines is 1. The zero-order valence-corrected chi connectivity index (χ0v) is 19.2. The van der Waals surface area contributed by atoms with E-state index in [-0.39, 0.29) is 35.9 Å². The Bertz CT molecular complexity index is 1230. The Hall–Kier alpha value is -4.33. The van der Waals surface area contributed by atoms with Gasteiger partial charge in [-0.15, -0.1) is 0 Å². The number of carboxylic acids is 1. The zero-order valence-electron chi connectivity index (χ0n) is 19.2. The normalized spacial score (nSPS) is 12.8. The van der Waals surface area contributed by atoms with Crippen molar-refractivity contribution in [1.82, 2.24) is 5.32 Å². The van der Waals surface area contributed by atoms with Gasteiger partial charge in [0.15, 0.2) is 0 Å². The molecule has 0 radical (unpaired) electrons. The van der Waals surface area contributed by atoms with Crippen molar-refractivity contribution in [2.24, 2.45) is 0 Å². The van der Waals surface area contributed by atoms with Crippen LogP contribution in [0.5, 0.6) is 5.75 Å². The van der Waals surface area contributed by atoms with Crippen LogP contribution < -0.4 is 10.6 Å². The Kier molecular flexibility index (Phi) is 7.01. The molecular formula is C27H26N2O6. The predicted octanol–water partition coefficient (Wildman–Crippen LogP) is 4.74. The van der Waals surface area contributed by atoms with Crippen molar-refractivity contribution in [3.05, 3.63) is 83.4 Å². The summed E-state index contributed by atoms with van der Waals surface area (Å²) in [4.78, 5) is 36.1. The van der Waals surface area contributed by atoms with E-state index in [1.54, 1.807) is 0 Å². The average molecular weight is 475 g/mol. The van der Waals surface area contributed by atoms with Crippen molar-refractivity contribution in [3.8, 4) is 16.9 Å². The number of amides is 2. The third-order valence-corrected chi connectivity index (χ3v) is 6.11. The molecule has 2 amide bonds. The van der Waals surface area contributed by atoms with E-state index in [1.807, 2.05) is 43.3 Å². The second kappa shape index (κ2) is 10.3. The van der Waals surface area contributed by atoms with E-state index in [9.17, 15) is 19.5 Å². The second-order valence-corrected chi connectivity index (χ2v) is 8.36. The minimum Gasteiger partial charge on any atom is -0.506 e. The summed E-state index contributed by atoms with van der Waals surface area (Å²) in [5, 5.41) is 24.2. The molecule has 1 atom stereocenters. The van der Waals surface area contributed by atoms with Gasteiger partial charge in [0.2, 0.25) is 5.91 Å². The van der Waals surface area contributed by atoms with Gasteiger partial charge in [0.05, 0.1) is 11.3 Å². The van der Waals surface area contributed by atoms with Crippen molar-refractivity contribution in [3.63, 3.8) is 0 Å². The number of fused-ring (bicyclic) bond motifs is 3. The van der Waals surface area contributed by atoms with E-state index in [0.717, 1.165) is 22.3 Å². The van der Waals surface area contributed by atoms with Gasteiger partial charge in [0.25, 0.3) is 0 Å². The number of hydrogen-bond acceptors (Lipinski definition) is 5. The number of aromatic hydroxyl groups is 1. The summed E-state index contributed by atoms with van der Waals surface area (Å²) in [7, 11) is 0. The fourth-order valence-electron chi connectivity index (χ4n) is 4.30. The molecule has 1 aliphatic carbocycles. The molecule has 8 nitrogen and oxygen atoms in total. The Morgan fingerprint density at radius 1 is 0.971 bits per heavy atom. The van der Waals surface area contributed by atoms with Crippen molar-refractivity contribution >= 4 is 23.7 Å². The van der Waals surface area contributed by atoms with Gasteiger partial charge in [-0.1, -0.05) is 55.5 Å². The van der Waals surface area contributed by atoms with Crippen LogP contribution in [0.25, 0.3) is 11.1 Å². The van der Waals surface area contributed by atoms with Crippen LogP contribution in [0.2, 0.25) is 0 Å². The number of hydrogen-bond donors (Lipinski definition) is 4. The van der Waals surface area contributed by atoms with Crippen LogP contribution in [0.4, 0.5) is 10.5 Å². The Morgan fingerprint density at radius 2 is 1.60 bits per heavy atom. The van der Waals surface area contributed by atoms with Crippen LogP contribution in [-0.2, 0) is 9.53 Å². The van der Waals surface area contributed by atoms with Crippen LogP contribution in [0.3, 0.4) is 0 Å². The highest BCUT2D eigenvalue weighted by molar-refractivity contribution is 5.95. The lowest BCUT2D eigenvalue weighted by Crippen LogP contribution is -2.38. The number of ether oxygens (including phenoxy) is 1. The van der Waals surface area contributed by atoms with Crippen LogP contribution in [-0.4, -0.2) is 40.8 Å². The standard InChI is InChI=1S/C27H26N2O6/c1-2-17(14-25(31)29-23-13-16(26(32)33)11-12-24(23)30)28-27(34)35-15-22-20-9-5-3-7-18(20)19-8-4-6-10-21(19)22/h3-13,17,22,30H,2,14-15H2,1H3,(H,28,34)(H,29,31)(H,32,33). The molecule has 0 bridgehead atoms. The number of aromatic carboxylic acids is 1. The highest BCUT2D eigenvalue weighted by Crippen LogP contribution is 2.44. The van der Waals surface area contributed by atoms with Crippen LogP contribution >= 0.6 is 0 Å². The van der Waals surface area contributed by atoms with Crippen LogP contribution in [0.15, 0.2) is 66.7 Å². The largest absolute Gasteiger partial charge is 0.506 e. The fraction of sp³-hybridized carbons (Fsp3) is 0.222. The Morgan fingerprint density at radius 3 is 2.20 bits per heavy atom. The lowest BCUT2D eigenvalue weighted by molar-refractivity contribution is -0.116. The van der Waals surface area contributed by atoms with E-state index in [4.69, 9.17) is 9.84 Å². The van der Waals surface area contributed by atoms with E-state index >= 15 is 0 Å². The van der Waals surface area contributed by atoms with Crippen molar-refractivity contribution < 1.29 is 29.3 Å². The molecule has 0 saturated carbocycles. The third kappa shape index (κ3) is 5.27. The Labute approximate surface area is 202 Å². The molecule has 0 fully saturated rings. The molecular weight excluding hydrogens is 448 g/mol. The van der Waals surface area contributed by atoms with E-state index in [0.29, 0.717) is 6.42 Å². The number of phenolic OH excluding ortho intramolecular Hbond substituents is 1. The molecule has 35 heavy (non-hydrogen) atoms. The predicted molar refractivity (Wildman–Crippen MR) is 131 cm³/mol. The quantitative estimate of drug-likeness (QED) is 0.350. The first-order valence-corrected chi connectivity index (χ1v) is 11.3. The average Bonchev–Trinajstić information content (AvgIpc) is 3.17. The summed E-state index contributed by atoms with van der Waals surface area (Å²) >= 11 is 0. The molecule has 0 heterocycles. The van der Waals surface area contributed by atoms with Crippen molar-refractivity contribution in [2.45, 2.75) is 31.7 Å². The maximum atomic E-state index is 12.5. The smallest absolute Gasteiger partial charge is 0.407 e. The first-order chi connectivity index (χ1) is 16.9. The summed E-state index contributed by atoms with van der Waals surface area (Å²) in [5.41, 5.74) is 4.41. The zero-order chi connectivity index (χ0) is 24.9. The van der Waals surface area contributed by atoms with Gasteiger partial charge in [-0.3, -0.25) is 4.79 Å². The molecule has 180 valence electrons. The maximum absolute atomic E-state index is 12.5. The number of carbonyl (C=O) groups is 3. The molecule has 0 aliphatic heterocycles. The molecule has 0 spiro atoms. The van der Waals surface area contributed by atoms with Gasteiger partial charge in [-0.2, -0.15) is 0 Å². The van der Waals surface area contributed by atoms with Gasteiger partial charge in [0.1, 0.15) is 12.4 Å². The van der Waals surface area contributed by atoms with Crippen LogP contribution in [0.1, 0.15) is 47.2 Å². The first kappa shape index (κ1) is 23.8. The summed E-state index contributed by atoms with van der Waals surface area (Å²) in [5.74, 6) is -1.97. The maximum Gasteiger partial charge on any atom is 0.407 e. The molecule has 0 aromatic heterocycles. The third-order valence-electron chi connectivity index (χ3n) is 6.11. The minimum absolute atomic E-state index is 0.00843. The van der Waals surface area contributed by atoms with Crippen LogP contribution in [0, 0.1) is 0 Å². The topological polar surface area (TPSA) is 125 Å².